The van der Waals surface area contributed by atoms with Gasteiger partial charge in [-0.3, -0.25) is 14.4 Å². The summed E-state index contributed by atoms with van der Waals surface area (Å²) in [6.45, 7) is 2.22. The van der Waals surface area contributed by atoms with E-state index in [1.54, 1.807) is 6.92 Å². The number of likely N-dealkylation sites (tertiary alicyclic amines) is 1. The molecule has 0 saturated carbocycles. The molecule has 4 N–H and O–H groups in total. The molecule has 0 aliphatic carbocycles. The van der Waals surface area contributed by atoms with Crippen LogP contribution in [-0.4, -0.2) is 58.1 Å². The molecule has 1 fully saturated rings. The Balaban J connectivity index is 1.36. The highest BCUT2D eigenvalue weighted by Crippen LogP contribution is 2.44. The van der Waals surface area contributed by atoms with Crippen LogP contribution in [0.25, 0.3) is 0 Å². The number of anilines is 1. The van der Waals surface area contributed by atoms with Crippen LogP contribution in [0.5, 0.6) is 0 Å². The average molecular weight is 516 g/mol. The zero-order valence-corrected chi connectivity index (χ0v) is 19.7. The van der Waals surface area contributed by atoms with E-state index in [-0.39, 0.29) is 19.0 Å². The molecule has 2 aliphatic heterocycles. The molecule has 0 radical (unpaired) electrons. The molecular weight excluding hydrogens is 490 g/mol. The molecule has 1 unspecified atom stereocenters. The number of nitrogens with zero attached hydrogens (tertiary/aromatic N) is 1. The van der Waals surface area contributed by atoms with Gasteiger partial charge in [0, 0.05) is 23.2 Å². The summed E-state index contributed by atoms with van der Waals surface area (Å²) >= 11 is 3.35. The Bertz CT molecular complexity index is 1070. The largest absolute Gasteiger partial charge is 0.380 e. The van der Waals surface area contributed by atoms with Crippen molar-refractivity contribution in [3.63, 3.8) is 0 Å². The van der Waals surface area contributed by atoms with Gasteiger partial charge in [-0.2, -0.15) is 0 Å². The zero-order chi connectivity index (χ0) is 23.8. The molecule has 0 aromatic heterocycles. The summed E-state index contributed by atoms with van der Waals surface area (Å²) < 4.78 is 0.896. The van der Waals surface area contributed by atoms with Crippen molar-refractivity contribution >= 4 is 39.3 Å². The molecule has 8 nitrogen and oxygen atoms in total. The lowest BCUT2D eigenvalue weighted by atomic mass is 9.73. The van der Waals surface area contributed by atoms with Gasteiger partial charge < -0.3 is 25.7 Å². The van der Waals surface area contributed by atoms with Crippen molar-refractivity contribution in [3.05, 3.63) is 64.1 Å². The molecule has 9 heteroatoms. The highest BCUT2D eigenvalue weighted by molar-refractivity contribution is 9.10. The summed E-state index contributed by atoms with van der Waals surface area (Å²) in [5.41, 5.74) is 1.82. The summed E-state index contributed by atoms with van der Waals surface area (Å²) in [7, 11) is 0. The average Bonchev–Trinajstić information content (AvgIpc) is 3.09. The molecule has 174 valence electrons. The summed E-state index contributed by atoms with van der Waals surface area (Å²) in [6.07, 6.45) is -2.99. The second kappa shape index (κ2) is 9.24. The van der Waals surface area contributed by atoms with Crippen LogP contribution in [0.3, 0.4) is 0 Å². The predicted molar refractivity (Wildman–Crippen MR) is 125 cm³/mol. The van der Waals surface area contributed by atoms with Crippen LogP contribution in [0.4, 0.5) is 5.69 Å². The second-order valence-electron chi connectivity index (χ2n) is 8.58. The Hall–Kier alpha value is -2.75. The number of hydrogen-bond donors (Lipinski definition) is 4. The van der Waals surface area contributed by atoms with E-state index in [0.717, 1.165) is 21.3 Å². The van der Waals surface area contributed by atoms with Gasteiger partial charge in [0.05, 0.1) is 11.5 Å². The minimum atomic E-state index is -1.90. The van der Waals surface area contributed by atoms with Gasteiger partial charge in [0.1, 0.15) is 0 Å². The number of amides is 3. The van der Waals surface area contributed by atoms with Crippen LogP contribution in [0.2, 0.25) is 0 Å². The number of carbonyl (C=O) groups excluding carboxylic acids is 3. The van der Waals surface area contributed by atoms with Crippen LogP contribution in [0.15, 0.2) is 53.0 Å². The molecule has 1 spiro atoms. The van der Waals surface area contributed by atoms with Gasteiger partial charge in [-0.15, -0.1) is 0 Å². The maximum absolute atomic E-state index is 12.8. The first kappa shape index (κ1) is 23.4. The summed E-state index contributed by atoms with van der Waals surface area (Å²) in [6, 6.07) is 14.4. The Kier molecular flexibility index (Phi) is 6.56. The number of nitrogens with one attached hydrogen (secondary N) is 2. The number of piperidine rings is 1. The minimum Gasteiger partial charge on any atom is -0.380 e. The standard InChI is InChI=1S/C24H26BrN3O5/c1-14(15-6-8-16(25)9-7-15)26-21(31)19(29)20(30)22(32)28-12-10-24(11-13-28)17-4-2-3-5-18(17)27-23(24)33/h2-9,14,19-20,29-30H,10-13H2,1H3,(H,26,31)(H,27,33)/t14?,19-,20-/m1/s1. The van der Waals surface area contributed by atoms with E-state index >= 15 is 0 Å². The molecule has 33 heavy (non-hydrogen) atoms. The van der Waals surface area contributed by atoms with Crippen LogP contribution in [0, 0.1) is 0 Å². The number of hydrogen-bond acceptors (Lipinski definition) is 5. The van der Waals surface area contributed by atoms with Crippen molar-refractivity contribution in [3.8, 4) is 0 Å². The number of halogens is 1. The van der Waals surface area contributed by atoms with E-state index in [2.05, 4.69) is 26.6 Å². The fraction of sp³-hybridized carbons (Fsp3) is 0.375. The number of aliphatic hydroxyl groups is 2. The zero-order valence-electron chi connectivity index (χ0n) is 18.1. The van der Waals surface area contributed by atoms with Crippen molar-refractivity contribution in [2.24, 2.45) is 0 Å². The van der Waals surface area contributed by atoms with Crippen molar-refractivity contribution in [1.82, 2.24) is 10.2 Å². The van der Waals surface area contributed by atoms with E-state index in [9.17, 15) is 24.6 Å². The second-order valence-corrected chi connectivity index (χ2v) is 9.49. The van der Waals surface area contributed by atoms with Gasteiger partial charge >= 0.3 is 0 Å². The number of para-hydroxylation sites is 1. The molecular formula is C24H26BrN3O5. The normalized spacial score (nSPS) is 19.4. The fourth-order valence-corrected chi connectivity index (χ4v) is 4.84. The lowest BCUT2D eigenvalue weighted by molar-refractivity contribution is -0.154. The molecule has 3 atom stereocenters. The van der Waals surface area contributed by atoms with Crippen molar-refractivity contribution in [2.75, 3.05) is 18.4 Å². The van der Waals surface area contributed by atoms with Gasteiger partial charge in [0.2, 0.25) is 5.91 Å². The van der Waals surface area contributed by atoms with Gasteiger partial charge in [-0.25, -0.2) is 0 Å². The smallest absolute Gasteiger partial charge is 0.254 e. The number of fused-ring (bicyclic) bond motifs is 2. The third-order valence-electron chi connectivity index (χ3n) is 6.60. The number of carbonyl (C=O) groups is 3. The van der Waals surface area contributed by atoms with Gasteiger partial charge in [0.15, 0.2) is 12.2 Å². The molecule has 2 aromatic rings. The van der Waals surface area contributed by atoms with Crippen molar-refractivity contribution < 1.29 is 24.6 Å². The number of benzene rings is 2. The summed E-state index contributed by atoms with van der Waals surface area (Å²) in [4.78, 5) is 39.3. The van der Waals surface area contributed by atoms with Crippen molar-refractivity contribution in [1.29, 1.82) is 0 Å². The van der Waals surface area contributed by atoms with E-state index in [1.165, 1.54) is 4.90 Å². The summed E-state index contributed by atoms with van der Waals surface area (Å²) in [5.74, 6) is -1.64. The third kappa shape index (κ3) is 4.40. The highest BCUT2D eigenvalue weighted by atomic mass is 79.9. The quantitative estimate of drug-likeness (QED) is 0.484. The van der Waals surface area contributed by atoms with Gasteiger partial charge in [0.25, 0.3) is 11.8 Å². The lowest BCUT2D eigenvalue weighted by Gasteiger charge is -2.39. The van der Waals surface area contributed by atoms with E-state index in [1.807, 2.05) is 48.5 Å². The first-order valence-corrected chi connectivity index (χ1v) is 11.6. The number of aliphatic hydroxyl groups excluding tert-OH is 2. The Morgan fingerprint density at radius 2 is 1.70 bits per heavy atom. The summed E-state index contributed by atoms with van der Waals surface area (Å²) in [5, 5.41) is 26.3. The molecule has 2 aromatic carbocycles. The van der Waals surface area contributed by atoms with E-state index in [4.69, 9.17) is 0 Å². The van der Waals surface area contributed by atoms with Crippen LogP contribution in [0.1, 0.15) is 36.9 Å². The lowest BCUT2D eigenvalue weighted by Crippen LogP contribution is -2.55. The Morgan fingerprint density at radius 1 is 1.06 bits per heavy atom. The highest BCUT2D eigenvalue weighted by Gasteiger charge is 2.49. The molecule has 1 saturated heterocycles. The predicted octanol–water partition coefficient (Wildman–Crippen LogP) is 1.86. The van der Waals surface area contributed by atoms with Gasteiger partial charge in [-0.1, -0.05) is 46.3 Å². The Morgan fingerprint density at radius 3 is 2.36 bits per heavy atom. The molecule has 0 bridgehead atoms. The van der Waals surface area contributed by atoms with Crippen molar-refractivity contribution in [2.45, 2.75) is 43.4 Å². The monoisotopic (exact) mass is 515 g/mol. The van der Waals surface area contributed by atoms with Gasteiger partial charge in [-0.05, 0) is 49.1 Å². The topological polar surface area (TPSA) is 119 Å². The van der Waals surface area contributed by atoms with E-state index < -0.39 is 35.5 Å². The first-order valence-electron chi connectivity index (χ1n) is 10.8. The molecule has 2 heterocycles. The van der Waals surface area contributed by atoms with Crippen LogP contribution >= 0.6 is 15.9 Å². The third-order valence-corrected chi connectivity index (χ3v) is 7.13. The maximum Gasteiger partial charge on any atom is 0.254 e. The SMILES string of the molecule is CC(NC(=O)[C@H](O)[C@@H](O)C(=O)N1CCC2(CC1)C(=O)Nc1ccccc12)c1ccc(Br)cc1. The minimum absolute atomic E-state index is 0.0855. The van der Waals surface area contributed by atoms with Crippen LogP contribution in [-0.2, 0) is 19.8 Å². The van der Waals surface area contributed by atoms with Crippen LogP contribution < -0.4 is 10.6 Å². The maximum atomic E-state index is 12.8. The first-order chi connectivity index (χ1) is 15.7. The fourth-order valence-electron chi connectivity index (χ4n) is 4.58. The van der Waals surface area contributed by atoms with E-state index in [0.29, 0.717) is 12.8 Å². The molecule has 3 amide bonds. The molecule has 4 rings (SSSR count). The Labute approximate surface area is 200 Å². The number of rotatable bonds is 5. The molecule has 2 aliphatic rings.